The SMILES string of the molecule is C#CCOc1ccc(C=NNC(=O)c2ccc(NC(C)=O)cc2)cc1OCC. The first-order valence-electron chi connectivity index (χ1n) is 8.57. The summed E-state index contributed by atoms with van der Waals surface area (Å²) >= 11 is 0. The summed E-state index contributed by atoms with van der Waals surface area (Å²) in [5.41, 5.74) is 4.20. The predicted octanol–water partition coefficient (Wildman–Crippen LogP) is 2.82. The highest BCUT2D eigenvalue weighted by Gasteiger charge is 2.07. The molecule has 2 rings (SSSR count). The van der Waals surface area contributed by atoms with Gasteiger partial charge in [-0.05, 0) is 55.0 Å². The Kier molecular flexibility index (Phi) is 7.61. The maximum Gasteiger partial charge on any atom is 0.271 e. The Balaban J connectivity index is 2.01. The number of hydrogen-bond donors (Lipinski definition) is 2. The Morgan fingerprint density at radius 3 is 2.54 bits per heavy atom. The molecule has 0 bridgehead atoms. The van der Waals surface area contributed by atoms with Crippen molar-refractivity contribution in [3.63, 3.8) is 0 Å². The number of nitrogens with one attached hydrogen (secondary N) is 2. The van der Waals surface area contributed by atoms with Crippen LogP contribution in [0.2, 0.25) is 0 Å². The number of carbonyl (C=O) groups excluding carboxylic acids is 2. The van der Waals surface area contributed by atoms with Gasteiger partial charge in [-0.25, -0.2) is 5.43 Å². The van der Waals surface area contributed by atoms with Gasteiger partial charge in [0.15, 0.2) is 11.5 Å². The van der Waals surface area contributed by atoms with Crippen molar-refractivity contribution in [2.45, 2.75) is 13.8 Å². The van der Waals surface area contributed by atoms with Gasteiger partial charge in [-0.15, -0.1) is 6.42 Å². The van der Waals surface area contributed by atoms with Crippen LogP contribution in [0.1, 0.15) is 29.8 Å². The number of terminal acetylenes is 1. The highest BCUT2D eigenvalue weighted by molar-refractivity contribution is 5.96. The van der Waals surface area contributed by atoms with Crippen LogP contribution in [0.3, 0.4) is 0 Å². The monoisotopic (exact) mass is 379 g/mol. The van der Waals surface area contributed by atoms with Crippen molar-refractivity contribution in [1.29, 1.82) is 0 Å². The van der Waals surface area contributed by atoms with Gasteiger partial charge in [-0.2, -0.15) is 5.10 Å². The molecule has 144 valence electrons. The fourth-order valence-corrected chi connectivity index (χ4v) is 2.25. The highest BCUT2D eigenvalue weighted by atomic mass is 16.5. The third-order valence-corrected chi connectivity index (χ3v) is 3.43. The van der Waals surface area contributed by atoms with Crippen molar-refractivity contribution in [2.24, 2.45) is 5.10 Å². The summed E-state index contributed by atoms with van der Waals surface area (Å²) in [4.78, 5) is 23.1. The van der Waals surface area contributed by atoms with Gasteiger partial charge in [-0.3, -0.25) is 9.59 Å². The van der Waals surface area contributed by atoms with E-state index in [9.17, 15) is 9.59 Å². The second kappa shape index (κ2) is 10.4. The van der Waals surface area contributed by atoms with Crippen LogP contribution in [0.15, 0.2) is 47.6 Å². The molecule has 0 aliphatic heterocycles. The molecule has 2 N–H and O–H groups in total. The molecule has 0 spiro atoms. The fourth-order valence-electron chi connectivity index (χ4n) is 2.25. The van der Waals surface area contributed by atoms with Crippen LogP contribution in [0.5, 0.6) is 11.5 Å². The van der Waals surface area contributed by atoms with Crippen LogP contribution in [-0.4, -0.2) is 31.2 Å². The molecule has 0 aliphatic rings. The van der Waals surface area contributed by atoms with E-state index in [-0.39, 0.29) is 18.4 Å². The molecule has 2 amide bonds. The molecule has 0 aliphatic carbocycles. The zero-order valence-electron chi connectivity index (χ0n) is 15.7. The van der Waals surface area contributed by atoms with Crippen LogP contribution < -0.4 is 20.2 Å². The van der Waals surface area contributed by atoms with Crippen molar-refractivity contribution in [3.8, 4) is 23.8 Å². The summed E-state index contributed by atoms with van der Waals surface area (Å²) in [6.45, 7) is 3.89. The van der Waals surface area contributed by atoms with Gasteiger partial charge in [0.2, 0.25) is 5.91 Å². The minimum Gasteiger partial charge on any atom is -0.490 e. The lowest BCUT2D eigenvalue weighted by Crippen LogP contribution is -2.17. The topological polar surface area (TPSA) is 89.0 Å². The Hall–Kier alpha value is -3.79. The number of nitrogens with zero attached hydrogens (tertiary/aromatic N) is 1. The van der Waals surface area contributed by atoms with Gasteiger partial charge in [0, 0.05) is 18.2 Å². The number of hydrazone groups is 1. The van der Waals surface area contributed by atoms with E-state index < -0.39 is 0 Å². The molecule has 0 atom stereocenters. The van der Waals surface area contributed by atoms with Crippen LogP contribution in [-0.2, 0) is 4.79 Å². The van der Waals surface area contributed by atoms with E-state index in [1.165, 1.54) is 13.1 Å². The average molecular weight is 379 g/mol. The molecule has 28 heavy (non-hydrogen) atoms. The number of anilines is 1. The number of rotatable bonds is 8. The third kappa shape index (κ3) is 6.18. The fraction of sp³-hybridized carbons (Fsp3) is 0.190. The molecular formula is C21H21N3O4. The summed E-state index contributed by atoms with van der Waals surface area (Å²) in [6.07, 6.45) is 6.70. The summed E-state index contributed by atoms with van der Waals surface area (Å²) < 4.78 is 11.0. The van der Waals surface area contributed by atoms with E-state index in [1.807, 2.05) is 6.92 Å². The zero-order valence-corrected chi connectivity index (χ0v) is 15.7. The lowest BCUT2D eigenvalue weighted by Gasteiger charge is -2.10. The van der Waals surface area contributed by atoms with Crippen LogP contribution in [0.25, 0.3) is 0 Å². The average Bonchev–Trinajstić information content (AvgIpc) is 2.67. The number of ether oxygens (including phenoxy) is 2. The molecule has 0 saturated heterocycles. The molecule has 2 aromatic carbocycles. The Labute approximate surface area is 163 Å². The number of carbonyl (C=O) groups is 2. The molecular weight excluding hydrogens is 358 g/mol. The minimum absolute atomic E-state index is 0.143. The molecule has 0 heterocycles. The normalized spacial score (nSPS) is 10.2. The van der Waals surface area contributed by atoms with E-state index in [1.54, 1.807) is 42.5 Å². The van der Waals surface area contributed by atoms with Crippen molar-refractivity contribution >= 4 is 23.7 Å². The molecule has 7 heteroatoms. The van der Waals surface area contributed by atoms with Crippen molar-refractivity contribution < 1.29 is 19.1 Å². The maximum absolute atomic E-state index is 12.1. The van der Waals surface area contributed by atoms with Gasteiger partial charge >= 0.3 is 0 Å². The van der Waals surface area contributed by atoms with Crippen LogP contribution >= 0.6 is 0 Å². The largest absolute Gasteiger partial charge is 0.490 e. The molecule has 0 unspecified atom stereocenters. The van der Waals surface area contributed by atoms with Crippen LogP contribution in [0.4, 0.5) is 5.69 Å². The summed E-state index contributed by atoms with van der Waals surface area (Å²) in [6, 6.07) is 11.7. The van der Waals surface area contributed by atoms with Crippen LogP contribution in [0, 0.1) is 12.3 Å². The van der Waals surface area contributed by atoms with Crippen molar-refractivity contribution in [3.05, 3.63) is 53.6 Å². The molecule has 0 saturated carbocycles. The van der Waals surface area contributed by atoms with Gasteiger partial charge in [0.25, 0.3) is 5.91 Å². The van der Waals surface area contributed by atoms with E-state index in [2.05, 4.69) is 21.8 Å². The Morgan fingerprint density at radius 2 is 1.89 bits per heavy atom. The number of hydrogen-bond acceptors (Lipinski definition) is 5. The van der Waals surface area contributed by atoms with Gasteiger partial charge < -0.3 is 14.8 Å². The van der Waals surface area contributed by atoms with Gasteiger partial charge in [-0.1, -0.05) is 5.92 Å². The van der Waals surface area contributed by atoms with Crippen molar-refractivity contribution in [1.82, 2.24) is 5.43 Å². The molecule has 0 fully saturated rings. The lowest BCUT2D eigenvalue weighted by atomic mass is 10.2. The minimum atomic E-state index is -0.371. The van der Waals surface area contributed by atoms with E-state index >= 15 is 0 Å². The molecule has 0 radical (unpaired) electrons. The van der Waals surface area contributed by atoms with Gasteiger partial charge in [0.1, 0.15) is 6.61 Å². The maximum atomic E-state index is 12.1. The number of amides is 2. The second-order valence-electron chi connectivity index (χ2n) is 5.59. The first kappa shape index (κ1) is 20.5. The van der Waals surface area contributed by atoms with Gasteiger partial charge in [0.05, 0.1) is 12.8 Å². The standard InChI is InChI=1S/C21H21N3O4/c1-4-12-28-19-11-6-16(13-20(19)27-5-2)14-22-24-21(26)17-7-9-18(10-8-17)23-15(3)25/h1,6-11,13-14H,5,12H2,2-3H3,(H,23,25)(H,24,26). The summed E-state index contributed by atoms with van der Waals surface area (Å²) in [5.74, 6) is 2.94. The number of benzene rings is 2. The summed E-state index contributed by atoms with van der Waals surface area (Å²) in [5, 5.41) is 6.59. The van der Waals surface area contributed by atoms with E-state index in [0.717, 1.165) is 5.56 Å². The van der Waals surface area contributed by atoms with E-state index in [0.29, 0.717) is 29.4 Å². The second-order valence-corrected chi connectivity index (χ2v) is 5.59. The predicted molar refractivity (Wildman–Crippen MR) is 108 cm³/mol. The highest BCUT2D eigenvalue weighted by Crippen LogP contribution is 2.27. The summed E-state index contributed by atoms with van der Waals surface area (Å²) in [7, 11) is 0. The Bertz CT molecular complexity index is 899. The molecule has 2 aromatic rings. The quantitative estimate of drug-likeness (QED) is 0.419. The zero-order chi connectivity index (χ0) is 20.4. The van der Waals surface area contributed by atoms with Crippen molar-refractivity contribution in [2.75, 3.05) is 18.5 Å². The Morgan fingerprint density at radius 1 is 1.14 bits per heavy atom. The first-order chi connectivity index (χ1) is 13.5. The molecule has 0 aromatic heterocycles. The lowest BCUT2D eigenvalue weighted by molar-refractivity contribution is -0.114. The van der Waals surface area contributed by atoms with E-state index in [4.69, 9.17) is 15.9 Å². The smallest absolute Gasteiger partial charge is 0.271 e. The third-order valence-electron chi connectivity index (χ3n) is 3.43. The first-order valence-corrected chi connectivity index (χ1v) is 8.57. The molecule has 7 nitrogen and oxygen atoms in total.